The van der Waals surface area contributed by atoms with Crippen molar-refractivity contribution in [3.05, 3.63) is 92.8 Å². The van der Waals surface area contributed by atoms with Crippen LogP contribution in [-0.4, -0.2) is 25.6 Å². The van der Waals surface area contributed by atoms with Gasteiger partial charge in [0.25, 0.3) is 0 Å². The monoisotopic (exact) mass is 434 g/mol. The Morgan fingerprint density at radius 2 is 1.80 bits per heavy atom. The first kappa shape index (κ1) is 19.0. The highest BCUT2D eigenvalue weighted by molar-refractivity contribution is 7.15. The molecule has 0 fully saturated rings. The fourth-order valence-electron chi connectivity index (χ4n) is 3.68. The molecule has 1 aliphatic heterocycles. The third kappa shape index (κ3) is 3.53. The van der Waals surface area contributed by atoms with Gasteiger partial charge in [0.15, 0.2) is 5.82 Å². The molecule has 2 aromatic heterocycles. The van der Waals surface area contributed by atoms with Crippen molar-refractivity contribution >= 4 is 28.6 Å². The lowest BCUT2D eigenvalue weighted by molar-refractivity contribution is 0.475. The molecule has 2 aromatic carbocycles. The lowest BCUT2D eigenvalue weighted by Crippen LogP contribution is -2.05. The minimum absolute atomic E-state index is 0.293. The van der Waals surface area contributed by atoms with E-state index in [1.54, 1.807) is 23.5 Å². The van der Waals surface area contributed by atoms with E-state index in [9.17, 15) is 5.11 Å². The van der Waals surface area contributed by atoms with Crippen LogP contribution in [0, 0.1) is 6.92 Å². The standard InChI is InChI=1S/C23H19ClN4OS/c1-14-26-27-21-13-25-22(16-5-7-17(24)8-6-16)20-12-19(30-23(20)28(14)21)11-4-15-2-9-18(29)10-3-15/h2-3,5-10,12,29H,4,11,13H2,1H3. The number of thiophene rings is 1. The van der Waals surface area contributed by atoms with Crippen LogP contribution in [0.25, 0.3) is 5.00 Å². The minimum atomic E-state index is 0.293. The Hall–Kier alpha value is -2.96. The molecule has 0 atom stereocenters. The van der Waals surface area contributed by atoms with Crippen LogP contribution in [0.4, 0.5) is 0 Å². The summed E-state index contributed by atoms with van der Waals surface area (Å²) in [6, 6.07) is 17.5. The summed E-state index contributed by atoms with van der Waals surface area (Å²) in [5.41, 5.74) is 4.30. The highest BCUT2D eigenvalue weighted by Crippen LogP contribution is 2.34. The molecule has 0 bridgehead atoms. The molecule has 0 unspecified atom stereocenters. The first-order chi connectivity index (χ1) is 14.6. The second-order valence-corrected chi connectivity index (χ2v) is 8.82. The number of hydrogen-bond donors (Lipinski definition) is 1. The third-order valence-electron chi connectivity index (χ3n) is 5.21. The van der Waals surface area contributed by atoms with Gasteiger partial charge in [-0.3, -0.25) is 9.56 Å². The Bertz CT molecular complexity index is 1240. The topological polar surface area (TPSA) is 63.3 Å². The molecule has 1 N–H and O–H groups in total. The summed E-state index contributed by atoms with van der Waals surface area (Å²) in [4.78, 5) is 6.16. The molecule has 1 aliphatic rings. The van der Waals surface area contributed by atoms with Gasteiger partial charge in [-0.25, -0.2) is 0 Å². The van der Waals surface area contributed by atoms with Crippen molar-refractivity contribution in [3.63, 3.8) is 0 Å². The molecular weight excluding hydrogens is 416 g/mol. The normalized spacial score (nSPS) is 12.8. The van der Waals surface area contributed by atoms with Gasteiger partial charge in [0, 0.05) is 21.0 Å². The molecule has 0 saturated carbocycles. The Morgan fingerprint density at radius 3 is 2.57 bits per heavy atom. The van der Waals surface area contributed by atoms with E-state index < -0.39 is 0 Å². The zero-order chi connectivity index (χ0) is 20.7. The second kappa shape index (κ2) is 7.70. The molecule has 0 radical (unpaired) electrons. The van der Waals surface area contributed by atoms with E-state index in [0.29, 0.717) is 17.3 Å². The summed E-state index contributed by atoms with van der Waals surface area (Å²) < 4.78 is 2.12. The Balaban J connectivity index is 1.54. The zero-order valence-electron chi connectivity index (χ0n) is 16.3. The number of rotatable bonds is 4. The van der Waals surface area contributed by atoms with Gasteiger partial charge in [-0.05, 0) is 55.7 Å². The molecule has 0 saturated heterocycles. The van der Waals surface area contributed by atoms with Crippen LogP contribution >= 0.6 is 22.9 Å². The third-order valence-corrected chi connectivity index (χ3v) is 6.64. The van der Waals surface area contributed by atoms with Gasteiger partial charge in [-0.1, -0.05) is 35.9 Å². The molecule has 7 heteroatoms. The van der Waals surface area contributed by atoms with E-state index in [1.165, 1.54) is 10.4 Å². The lowest BCUT2D eigenvalue weighted by Gasteiger charge is -2.07. The molecule has 30 heavy (non-hydrogen) atoms. The first-order valence-corrected chi connectivity index (χ1v) is 10.9. The molecule has 3 heterocycles. The van der Waals surface area contributed by atoms with Crippen LogP contribution in [-0.2, 0) is 19.4 Å². The van der Waals surface area contributed by atoms with Gasteiger partial charge < -0.3 is 5.11 Å². The average Bonchev–Trinajstić information content (AvgIpc) is 3.28. The number of aryl methyl sites for hydroxylation is 3. The predicted molar refractivity (Wildman–Crippen MR) is 120 cm³/mol. The van der Waals surface area contributed by atoms with Crippen LogP contribution in [0.2, 0.25) is 5.02 Å². The van der Waals surface area contributed by atoms with E-state index in [2.05, 4.69) is 20.8 Å². The molecule has 0 amide bonds. The van der Waals surface area contributed by atoms with Crippen molar-refractivity contribution in [2.24, 2.45) is 4.99 Å². The molecule has 150 valence electrons. The summed E-state index contributed by atoms with van der Waals surface area (Å²) in [7, 11) is 0. The lowest BCUT2D eigenvalue weighted by atomic mass is 10.0. The van der Waals surface area contributed by atoms with Crippen LogP contribution in [0.1, 0.15) is 33.2 Å². The van der Waals surface area contributed by atoms with Crippen molar-refractivity contribution in [3.8, 4) is 10.8 Å². The van der Waals surface area contributed by atoms with E-state index in [0.717, 1.165) is 46.3 Å². The SMILES string of the molecule is Cc1nnc2n1-c1sc(CCc3ccc(O)cc3)cc1C(c1ccc(Cl)cc1)=NC2. The van der Waals surface area contributed by atoms with Crippen molar-refractivity contribution in [2.75, 3.05) is 0 Å². The Morgan fingerprint density at radius 1 is 1.03 bits per heavy atom. The predicted octanol–water partition coefficient (Wildman–Crippen LogP) is 5.13. The number of halogens is 1. The van der Waals surface area contributed by atoms with E-state index in [1.807, 2.05) is 43.3 Å². The molecule has 5 nitrogen and oxygen atoms in total. The van der Waals surface area contributed by atoms with Crippen molar-refractivity contribution in [2.45, 2.75) is 26.3 Å². The van der Waals surface area contributed by atoms with Gasteiger partial charge in [0.2, 0.25) is 0 Å². The molecule has 4 aromatic rings. The first-order valence-electron chi connectivity index (χ1n) is 9.71. The van der Waals surface area contributed by atoms with E-state index >= 15 is 0 Å². The van der Waals surface area contributed by atoms with E-state index in [4.69, 9.17) is 16.6 Å². The van der Waals surface area contributed by atoms with Gasteiger partial charge in [-0.2, -0.15) is 0 Å². The fraction of sp³-hybridized carbons (Fsp3) is 0.174. The van der Waals surface area contributed by atoms with Crippen molar-refractivity contribution < 1.29 is 5.11 Å². The number of phenols is 1. The number of benzene rings is 2. The van der Waals surface area contributed by atoms with Crippen LogP contribution < -0.4 is 0 Å². The second-order valence-electron chi connectivity index (χ2n) is 7.27. The van der Waals surface area contributed by atoms with Gasteiger partial charge in [0.05, 0.1) is 5.71 Å². The number of fused-ring (bicyclic) bond motifs is 3. The number of nitrogens with zero attached hydrogens (tertiary/aromatic N) is 4. The summed E-state index contributed by atoms with van der Waals surface area (Å²) in [6.45, 7) is 2.46. The maximum atomic E-state index is 9.50. The van der Waals surface area contributed by atoms with Gasteiger partial charge in [-0.15, -0.1) is 21.5 Å². The number of aromatic nitrogens is 3. The fourth-order valence-corrected chi connectivity index (χ4v) is 5.03. The average molecular weight is 435 g/mol. The summed E-state index contributed by atoms with van der Waals surface area (Å²) in [6.07, 6.45) is 1.81. The number of aliphatic imine (C=N–C) groups is 1. The molecule has 5 rings (SSSR count). The van der Waals surface area contributed by atoms with Crippen molar-refractivity contribution in [1.29, 1.82) is 0 Å². The zero-order valence-corrected chi connectivity index (χ0v) is 17.9. The number of hydrogen-bond acceptors (Lipinski definition) is 5. The smallest absolute Gasteiger partial charge is 0.160 e. The Kier molecular flexibility index (Phi) is 4.89. The molecular formula is C23H19ClN4OS. The summed E-state index contributed by atoms with van der Waals surface area (Å²) >= 11 is 7.86. The highest BCUT2D eigenvalue weighted by atomic mass is 35.5. The number of aromatic hydroxyl groups is 1. The van der Waals surface area contributed by atoms with E-state index in [-0.39, 0.29) is 0 Å². The molecule has 0 aliphatic carbocycles. The van der Waals surface area contributed by atoms with Crippen molar-refractivity contribution in [1.82, 2.24) is 14.8 Å². The van der Waals surface area contributed by atoms with Crippen LogP contribution in [0.15, 0.2) is 59.6 Å². The van der Waals surface area contributed by atoms with Crippen LogP contribution in [0.5, 0.6) is 5.75 Å². The highest BCUT2D eigenvalue weighted by Gasteiger charge is 2.24. The Labute approximate surface area is 183 Å². The van der Waals surface area contributed by atoms with Crippen LogP contribution in [0.3, 0.4) is 0 Å². The minimum Gasteiger partial charge on any atom is -0.508 e. The maximum Gasteiger partial charge on any atom is 0.160 e. The van der Waals surface area contributed by atoms with Gasteiger partial charge in [0.1, 0.15) is 23.1 Å². The largest absolute Gasteiger partial charge is 0.508 e. The summed E-state index contributed by atoms with van der Waals surface area (Å²) in [5.74, 6) is 2.01. The maximum absolute atomic E-state index is 9.50. The quantitative estimate of drug-likeness (QED) is 0.484. The molecule has 0 spiro atoms. The number of phenolic OH excluding ortho intramolecular Hbond substituents is 1. The van der Waals surface area contributed by atoms with Gasteiger partial charge >= 0.3 is 0 Å². The summed E-state index contributed by atoms with van der Waals surface area (Å²) in [5, 5.41) is 19.9.